The van der Waals surface area contributed by atoms with E-state index in [4.69, 9.17) is 5.26 Å². The molecule has 120 valence electrons. The van der Waals surface area contributed by atoms with Gasteiger partial charge in [0.2, 0.25) is 5.91 Å². The van der Waals surface area contributed by atoms with Gasteiger partial charge in [0.05, 0.1) is 12.6 Å². The summed E-state index contributed by atoms with van der Waals surface area (Å²) < 4.78 is 26.3. The Kier molecular flexibility index (Phi) is 6.49. The lowest BCUT2D eigenvalue weighted by atomic mass is 10.2. The molecule has 22 heavy (non-hydrogen) atoms. The molecule has 0 bridgehead atoms. The maximum absolute atomic E-state index is 12.1. The van der Waals surface area contributed by atoms with Gasteiger partial charge in [-0.3, -0.25) is 4.79 Å². The Balaban J connectivity index is 2.63. The molecule has 1 rings (SSSR count). The second kappa shape index (κ2) is 7.89. The third kappa shape index (κ3) is 5.11. The average Bonchev–Trinajstić information content (AvgIpc) is 2.46. The van der Waals surface area contributed by atoms with E-state index in [-0.39, 0.29) is 19.5 Å². The summed E-state index contributed by atoms with van der Waals surface area (Å²) in [5.74, 6) is -0.427. The molecule has 0 aliphatic carbocycles. The summed E-state index contributed by atoms with van der Waals surface area (Å²) in [4.78, 5) is 11.9. The largest absolute Gasteiger partial charge is 0.325 e. The van der Waals surface area contributed by atoms with Crippen LogP contribution in [0.1, 0.15) is 12.0 Å². The van der Waals surface area contributed by atoms with Crippen molar-refractivity contribution in [1.29, 1.82) is 5.26 Å². The van der Waals surface area contributed by atoms with Crippen LogP contribution in [0.25, 0.3) is 0 Å². The molecule has 1 aromatic carbocycles. The molecule has 0 radical (unpaired) electrons. The van der Waals surface area contributed by atoms with E-state index >= 15 is 0 Å². The van der Waals surface area contributed by atoms with Gasteiger partial charge in [0, 0.05) is 32.7 Å². The maximum Gasteiger partial charge on any atom is 0.281 e. The van der Waals surface area contributed by atoms with Gasteiger partial charge in [-0.15, -0.1) is 0 Å². The van der Waals surface area contributed by atoms with Crippen LogP contribution in [-0.4, -0.2) is 50.1 Å². The van der Waals surface area contributed by atoms with Crippen LogP contribution in [-0.2, 0) is 15.0 Å². The van der Waals surface area contributed by atoms with Crippen LogP contribution in [0.2, 0.25) is 0 Å². The predicted octanol–water partition coefficient (Wildman–Crippen LogP) is 0.956. The van der Waals surface area contributed by atoms with Gasteiger partial charge in [0.25, 0.3) is 10.2 Å². The van der Waals surface area contributed by atoms with Crippen molar-refractivity contribution >= 4 is 21.8 Å². The van der Waals surface area contributed by atoms with Crippen molar-refractivity contribution in [3.63, 3.8) is 0 Å². The summed E-state index contributed by atoms with van der Waals surface area (Å²) in [5, 5.41) is 11.1. The number of hydrogen-bond donors (Lipinski definition) is 1. The first kappa shape index (κ1) is 18.1. The zero-order chi connectivity index (χ0) is 16.8. The topological polar surface area (TPSA) is 93.5 Å². The second-order valence-electron chi connectivity index (χ2n) is 4.91. The average molecular weight is 324 g/mol. The smallest absolute Gasteiger partial charge is 0.281 e. The molecule has 0 aromatic heterocycles. The van der Waals surface area contributed by atoms with E-state index in [1.807, 2.05) is 25.1 Å². The Morgan fingerprint density at radius 1 is 1.23 bits per heavy atom. The first-order chi connectivity index (χ1) is 10.3. The van der Waals surface area contributed by atoms with Crippen molar-refractivity contribution in [1.82, 2.24) is 8.61 Å². The fraction of sp³-hybridized carbons (Fsp3) is 0.429. The normalized spacial score (nSPS) is 11.5. The number of carbonyl (C=O) groups excluding carboxylic acids is 1. The number of amides is 1. The molecule has 0 spiro atoms. The van der Waals surface area contributed by atoms with E-state index in [2.05, 4.69) is 5.32 Å². The maximum atomic E-state index is 12.1. The summed E-state index contributed by atoms with van der Waals surface area (Å²) in [6.07, 6.45) is 0.0964. The summed E-state index contributed by atoms with van der Waals surface area (Å²) in [6.45, 7) is 1.72. The molecular formula is C14H20N4O3S. The number of anilines is 1. The number of nitriles is 1. The molecule has 1 aromatic rings. The summed E-state index contributed by atoms with van der Waals surface area (Å²) in [7, 11) is -1.05. The van der Waals surface area contributed by atoms with Gasteiger partial charge < -0.3 is 5.32 Å². The van der Waals surface area contributed by atoms with Gasteiger partial charge in [-0.25, -0.2) is 0 Å². The number of hydrogen-bond acceptors (Lipinski definition) is 4. The summed E-state index contributed by atoms with van der Waals surface area (Å²) in [5.41, 5.74) is 1.68. The van der Waals surface area contributed by atoms with E-state index in [0.717, 1.165) is 14.2 Å². The Labute approximate surface area is 131 Å². The van der Waals surface area contributed by atoms with Crippen molar-refractivity contribution in [2.75, 3.05) is 32.5 Å². The number of nitrogens with one attached hydrogen (secondary N) is 1. The molecule has 0 heterocycles. The van der Waals surface area contributed by atoms with E-state index in [1.54, 1.807) is 12.1 Å². The van der Waals surface area contributed by atoms with Gasteiger partial charge in [-0.05, 0) is 19.1 Å². The van der Waals surface area contributed by atoms with E-state index in [9.17, 15) is 13.2 Å². The first-order valence-corrected chi connectivity index (χ1v) is 8.08. The minimum absolute atomic E-state index is 0.0861. The Bertz CT molecular complexity index is 650. The van der Waals surface area contributed by atoms with E-state index < -0.39 is 16.1 Å². The lowest BCUT2D eigenvalue weighted by Gasteiger charge is -2.23. The minimum atomic E-state index is -3.75. The van der Waals surface area contributed by atoms with Crippen molar-refractivity contribution in [3.05, 3.63) is 29.8 Å². The second-order valence-corrected chi connectivity index (χ2v) is 7.05. The van der Waals surface area contributed by atoms with Crippen molar-refractivity contribution < 1.29 is 13.2 Å². The van der Waals surface area contributed by atoms with Crippen LogP contribution in [0.4, 0.5) is 5.69 Å². The number of benzene rings is 1. The van der Waals surface area contributed by atoms with Gasteiger partial charge in [-0.2, -0.15) is 22.3 Å². The van der Waals surface area contributed by atoms with Gasteiger partial charge in [-0.1, -0.05) is 17.7 Å². The molecule has 8 heteroatoms. The predicted molar refractivity (Wildman–Crippen MR) is 84.2 cm³/mol. The third-order valence-corrected chi connectivity index (χ3v) is 4.91. The van der Waals surface area contributed by atoms with Crippen LogP contribution < -0.4 is 5.32 Å². The molecule has 0 saturated carbocycles. The minimum Gasteiger partial charge on any atom is -0.325 e. The number of aryl methyl sites for hydroxylation is 1. The molecule has 1 amide bonds. The van der Waals surface area contributed by atoms with Crippen LogP contribution in [0.15, 0.2) is 24.3 Å². The van der Waals surface area contributed by atoms with Crippen molar-refractivity contribution in [3.8, 4) is 6.07 Å². The summed E-state index contributed by atoms with van der Waals surface area (Å²) >= 11 is 0. The fourth-order valence-electron chi connectivity index (χ4n) is 1.68. The van der Waals surface area contributed by atoms with Gasteiger partial charge >= 0.3 is 0 Å². The summed E-state index contributed by atoms with van der Waals surface area (Å²) in [6, 6.07) is 9.09. The van der Waals surface area contributed by atoms with Crippen LogP contribution in [0.3, 0.4) is 0 Å². The van der Waals surface area contributed by atoms with Crippen molar-refractivity contribution in [2.45, 2.75) is 13.3 Å². The van der Waals surface area contributed by atoms with Crippen molar-refractivity contribution in [2.24, 2.45) is 0 Å². The van der Waals surface area contributed by atoms with Crippen LogP contribution >= 0.6 is 0 Å². The highest BCUT2D eigenvalue weighted by molar-refractivity contribution is 7.86. The molecule has 0 atom stereocenters. The Morgan fingerprint density at radius 3 is 2.36 bits per heavy atom. The standard InChI is InChI=1S/C14H20N4O3S/c1-12-5-7-13(8-6-12)16-14(19)11-18(3)22(20,21)17(2)10-4-9-15/h5-8H,4,10-11H2,1-3H3,(H,16,19). The number of likely N-dealkylation sites (N-methyl/N-ethyl adjacent to an activating group) is 1. The lowest BCUT2D eigenvalue weighted by Crippen LogP contribution is -2.43. The van der Waals surface area contributed by atoms with Gasteiger partial charge in [0.1, 0.15) is 0 Å². The first-order valence-electron chi connectivity index (χ1n) is 6.68. The zero-order valence-corrected chi connectivity index (χ0v) is 13.7. The quantitative estimate of drug-likeness (QED) is 0.808. The molecule has 1 N–H and O–H groups in total. The van der Waals surface area contributed by atoms with Crippen LogP contribution in [0.5, 0.6) is 0 Å². The lowest BCUT2D eigenvalue weighted by molar-refractivity contribution is -0.116. The van der Waals surface area contributed by atoms with E-state index in [0.29, 0.717) is 5.69 Å². The zero-order valence-electron chi connectivity index (χ0n) is 12.9. The molecule has 0 aliphatic heterocycles. The molecule has 0 fully saturated rings. The number of nitrogens with zero attached hydrogens (tertiary/aromatic N) is 3. The highest BCUT2D eigenvalue weighted by Crippen LogP contribution is 2.09. The Hall–Kier alpha value is -1.95. The van der Waals surface area contributed by atoms with Gasteiger partial charge in [0.15, 0.2) is 0 Å². The highest BCUT2D eigenvalue weighted by atomic mass is 32.2. The Morgan fingerprint density at radius 2 is 1.82 bits per heavy atom. The third-order valence-electron chi connectivity index (χ3n) is 3.03. The molecule has 0 unspecified atom stereocenters. The van der Waals surface area contributed by atoms with Crippen LogP contribution in [0, 0.1) is 18.3 Å². The molecule has 0 saturated heterocycles. The molecule has 7 nitrogen and oxygen atoms in total. The SMILES string of the molecule is Cc1ccc(NC(=O)CN(C)S(=O)(=O)N(C)CCC#N)cc1. The number of rotatable bonds is 7. The molecular weight excluding hydrogens is 304 g/mol. The number of carbonyl (C=O) groups is 1. The molecule has 0 aliphatic rings. The highest BCUT2D eigenvalue weighted by Gasteiger charge is 2.25. The fourth-order valence-corrected chi connectivity index (χ4v) is 2.76. The van der Waals surface area contributed by atoms with E-state index in [1.165, 1.54) is 14.1 Å². The monoisotopic (exact) mass is 324 g/mol.